The zero-order valence-corrected chi connectivity index (χ0v) is 34.0. The van der Waals surface area contributed by atoms with Crippen LogP contribution in [0.15, 0.2) is 48.6 Å². The highest BCUT2D eigenvalue weighted by molar-refractivity contribution is 5.80. The predicted octanol–water partition coefficient (Wildman–Crippen LogP) is 11.5. The number of amides is 1. The molecule has 4 unspecified atom stereocenters. The second kappa shape index (κ2) is 40.5. The van der Waals surface area contributed by atoms with Gasteiger partial charge in [-0.25, -0.2) is 0 Å². The normalized spacial score (nSPS) is 14.7. The number of hydrogen-bond donors (Lipinski definition) is 5. The van der Waals surface area contributed by atoms with Crippen molar-refractivity contribution in [1.29, 1.82) is 0 Å². The molecular formula is C46H85NO5. The Morgan fingerprint density at radius 3 is 1.23 bits per heavy atom. The summed E-state index contributed by atoms with van der Waals surface area (Å²) in [5.74, 6) is -0.638. The number of rotatable bonds is 39. The average molecular weight is 732 g/mol. The molecule has 0 bridgehead atoms. The molecule has 0 heterocycles. The Kier molecular flexibility index (Phi) is 39.1. The average Bonchev–Trinajstić information content (AvgIpc) is 3.15. The molecule has 0 radical (unpaired) electrons. The molecule has 6 nitrogen and oxygen atoms in total. The van der Waals surface area contributed by atoms with Gasteiger partial charge < -0.3 is 25.7 Å². The molecule has 4 atom stereocenters. The van der Waals surface area contributed by atoms with Crippen LogP contribution in [0.3, 0.4) is 0 Å². The number of nitrogens with one attached hydrogen (secondary N) is 1. The molecule has 0 rings (SSSR count). The van der Waals surface area contributed by atoms with Gasteiger partial charge in [-0.05, 0) is 83.5 Å². The van der Waals surface area contributed by atoms with Gasteiger partial charge in [-0.2, -0.15) is 0 Å². The largest absolute Gasteiger partial charge is 0.394 e. The van der Waals surface area contributed by atoms with Gasteiger partial charge in [0.1, 0.15) is 12.2 Å². The third kappa shape index (κ3) is 34.1. The van der Waals surface area contributed by atoms with Crippen molar-refractivity contribution >= 4 is 5.91 Å². The van der Waals surface area contributed by atoms with Crippen LogP contribution in [0.25, 0.3) is 0 Å². The van der Waals surface area contributed by atoms with E-state index < -0.39 is 36.9 Å². The minimum atomic E-state index is -1.30. The molecule has 0 aliphatic heterocycles. The highest BCUT2D eigenvalue weighted by atomic mass is 16.3. The maximum Gasteiger partial charge on any atom is 0.249 e. The second-order valence-corrected chi connectivity index (χ2v) is 15.0. The van der Waals surface area contributed by atoms with E-state index in [-0.39, 0.29) is 6.42 Å². The molecule has 0 spiro atoms. The Morgan fingerprint density at radius 2 is 0.808 bits per heavy atom. The summed E-state index contributed by atoms with van der Waals surface area (Å²) >= 11 is 0. The van der Waals surface area contributed by atoms with Crippen molar-refractivity contribution in [1.82, 2.24) is 5.32 Å². The van der Waals surface area contributed by atoms with Crippen molar-refractivity contribution < 1.29 is 25.2 Å². The first-order valence-corrected chi connectivity index (χ1v) is 22.0. The molecule has 1 amide bonds. The van der Waals surface area contributed by atoms with Gasteiger partial charge in [0.15, 0.2) is 0 Å². The van der Waals surface area contributed by atoms with E-state index in [1.165, 1.54) is 122 Å². The molecule has 0 aromatic heterocycles. The molecule has 0 aliphatic carbocycles. The van der Waals surface area contributed by atoms with Crippen molar-refractivity contribution in [3.05, 3.63) is 48.6 Å². The van der Waals surface area contributed by atoms with Crippen molar-refractivity contribution in [2.75, 3.05) is 6.61 Å². The topological polar surface area (TPSA) is 110 Å². The van der Waals surface area contributed by atoms with Crippen LogP contribution in [-0.2, 0) is 4.79 Å². The molecule has 0 saturated carbocycles. The van der Waals surface area contributed by atoms with Gasteiger partial charge in [0.25, 0.3) is 0 Å². The molecule has 5 N–H and O–H groups in total. The Labute approximate surface area is 321 Å². The molecule has 0 saturated heterocycles. The van der Waals surface area contributed by atoms with Crippen LogP contribution >= 0.6 is 0 Å². The van der Waals surface area contributed by atoms with Gasteiger partial charge in [-0.3, -0.25) is 4.79 Å². The van der Waals surface area contributed by atoms with Crippen LogP contribution in [-0.4, -0.2) is 57.3 Å². The fourth-order valence-electron chi connectivity index (χ4n) is 6.44. The molecule has 6 heteroatoms. The van der Waals surface area contributed by atoms with Crippen LogP contribution in [0.4, 0.5) is 0 Å². The molecule has 0 aromatic carbocycles. The molecular weight excluding hydrogens is 647 g/mol. The lowest BCUT2D eigenvalue weighted by atomic mass is 10.0. The van der Waals surface area contributed by atoms with Gasteiger partial charge in [0, 0.05) is 0 Å². The Morgan fingerprint density at radius 1 is 0.462 bits per heavy atom. The first kappa shape index (κ1) is 50.3. The summed E-state index contributed by atoms with van der Waals surface area (Å²) < 4.78 is 0. The summed E-state index contributed by atoms with van der Waals surface area (Å²) in [4.78, 5) is 12.4. The Hall–Kier alpha value is -1.73. The van der Waals surface area contributed by atoms with E-state index in [9.17, 15) is 25.2 Å². The molecule has 52 heavy (non-hydrogen) atoms. The number of unbranched alkanes of at least 4 members (excludes halogenated alkanes) is 22. The van der Waals surface area contributed by atoms with E-state index in [4.69, 9.17) is 0 Å². The van der Waals surface area contributed by atoms with E-state index in [2.05, 4.69) is 61.7 Å². The van der Waals surface area contributed by atoms with Gasteiger partial charge in [-0.1, -0.05) is 172 Å². The zero-order chi connectivity index (χ0) is 38.2. The van der Waals surface area contributed by atoms with Gasteiger partial charge in [-0.15, -0.1) is 0 Å². The number of aliphatic hydroxyl groups excluding tert-OH is 4. The van der Waals surface area contributed by atoms with Crippen LogP contribution in [0.2, 0.25) is 0 Å². The SMILES string of the molecule is CCCCCC/C=C\CCC(O)C(=O)NC(CO)C(O)C(O)CCC/C=C/CC/C=C/CC/C=C/CCCCCCCCCCCCCCCCC. The lowest BCUT2D eigenvalue weighted by Gasteiger charge is -2.27. The fourth-order valence-corrected chi connectivity index (χ4v) is 6.44. The number of allylic oxidation sites excluding steroid dienone is 8. The summed E-state index contributed by atoms with van der Waals surface area (Å²) in [5, 5.41) is 43.3. The molecule has 0 aromatic rings. The van der Waals surface area contributed by atoms with E-state index >= 15 is 0 Å². The van der Waals surface area contributed by atoms with Crippen molar-refractivity contribution in [2.45, 2.75) is 231 Å². The maximum atomic E-state index is 12.4. The van der Waals surface area contributed by atoms with Crippen molar-refractivity contribution in [3.8, 4) is 0 Å². The van der Waals surface area contributed by atoms with Crippen LogP contribution in [0.1, 0.15) is 206 Å². The number of hydrogen-bond acceptors (Lipinski definition) is 5. The fraction of sp³-hybridized carbons (Fsp3) is 0.804. The first-order valence-electron chi connectivity index (χ1n) is 22.0. The van der Waals surface area contributed by atoms with Crippen molar-refractivity contribution in [3.63, 3.8) is 0 Å². The Bertz CT molecular complexity index is 869. The number of carbonyl (C=O) groups excluding carboxylic acids is 1. The van der Waals surface area contributed by atoms with E-state index in [0.29, 0.717) is 19.3 Å². The summed E-state index contributed by atoms with van der Waals surface area (Å²) in [6.45, 7) is 3.96. The Balaban J connectivity index is 3.74. The smallest absolute Gasteiger partial charge is 0.249 e. The quantitative estimate of drug-likeness (QED) is 0.0319. The van der Waals surface area contributed by atoms with Gasteiger partial charge in [0.2, 0.25) is 5.91 Å². The minimum absolute atomic E-state index is 0.271. The minimum Gasteiger partial charge on any atom is -0.394 e. The van der Waals surface area contributed by atoms with E-state index in [1.807, 2.05) is 6.08 Å². The number of aliphatic hydroxyl groups is 4. The predicted molar refractivity (Wildman–Crippen MR) is 223 cm³/mol. The van der Waals surface area contributed by atoms with Crippen LogP contribution in [0, 0.1) is 0 Å². The third-order valence-corrected chi connectivity index (χ3v) is 9.98. The molecule has 0 aliphatic rings. The lowest BCUT2D eigenvalue weighted by Crippen LogP contribution is -2.53. The van der Waals surface area contributed by atoms with Crippen molar-refractivity contribution in [2.24, 2.45) is 0 Å². The third-order valence-electron chi connectivity index (χ3n) is 9.98. The highest BCUT2D eigenvalue weighted by Gasteiger charge is 2.28. The number of carbonyl (C=O) groups is 1. The monoisotopic (exact) mass is 732 g/mol. The standard InChI is InChI=1S/C46H85NO5/c1-3-5-7-9-11-13-14-15-16-17-18-19-20-21-22-23-24-25-26-27-28-29-30-31-32-34-35-37-39-43(49)45(51)42(41-48)47-46(52)44(50)40-38-36-33-12-10-8-6-4-2/h24-25,28-29,32-34,36,42-45,48-51H,3-23,26-27,30-31,35,37-41H2,1-2H3,(H,47,52)/b25-24+,29-28+,34-32+,36-33-. The van der Waals surface area contributed by atoms with Crippen LogP contribution in [0.5, 0.6) is 0 Å². The first-order chi connectivity index (χ1) is 25.5. The van der Waals surface area contributed by atoms with Gasteiger partial charge in [0.05, 0.1) is 18.8 Å². The maximum absolute atomic E-state index is 12.4. The summed E-state index contributed by atoms with van der Waals surface area (Å²) in [7, 11) is 0. The highest BCUT2D eigenvalue weighted by Crippen LogP contribution is 2.15. The summed E-state index contributed by atoms with van der Waals surface area (Å²) in [6.07, 6.45) is 49.1. The second-order valence-electron chi connectivity index (χ2n) is 15.0. The summed E-state index contributed by atoms with van der Waals surface area (Å²) in [6, 6.07) is -1.03. The van der Waals surface area contributed by atoms with Gasteiger partial charge >= 0.3 is 0 Å². The van der Waals surface area contributed by atoms with E-state index in [1.54, 1.807) is 0 Å². The van der Waals surface area contributed by atoms with Crippen LogP contribution < -0.4 is 5.32 Å². The molecule has 304 valence electrons. The zero-order valence-electron chi connectivity index (χ0n) is 34.0. The lowest BCUT2D eigenvalue weighted by molar-refractivity contribution is -0.132. The molecule has 0 fully saturated rings. The van der Waals surface area contributed by atoms with E-state index in [0.717, 1.165) is 44.9 Å². The summed E-state index contributed by atoms with van der Waals surface area (Å²) in [5.41, 5.74) is 0.